The Labute approximate surface area is 109 Å². The van der Waals surface area contributed by atoms with Gasteiger partial charge in [-0.05, 0) is 42.7 Å². The van der Waals surface area contributed by atoms with E-state index in [1.54, 1.807) is 0 Å². The van der Waals surface area contributed by atoms with Crippen LogP contribution in [0.4, 0.5) is 0 Å². The molecular formula is C16H22N2. The number of hydrogen-bond acceptors (Lipinski definition) is 1. The number of aromatic nitrogens is 2. The number of rotatable bonds is 1. The molecule has 1 fully saturated rings. The molecule has 0 unspecified atom stereocenters. The van der Waals surface area contributed by atoms with Gasteiger partial charge in [0.1, 0.15) is 0 Å². The third-order valence-electron chi connectivity index (χ3n) is 4.24. The molecule has 96 valence electrons. The van der Waals surface area contributed by atoms with Crippen molar-refractivity contribution in [2.45, 2.75) is 46.1 Å². The monoisotopic (exact) mass is 242 g/mol. The van der Waals surface area contributed by atoms with Crippen molar-refractivity contribution < 1.29 is 0 Å². The molecule has 3 rings (SSSR count). The molecule has 2 aromatic rings. The van der Waals surface area contributed by atoms with Crippen LogP contribution in [0.1, 0.15) is 46.1 Å². The summed E-state index contributed by atoms with van der Waals surface area (Å²) >= 11 is 0. The summed E-state index contributed by atoms with van der Waals surface area (Å²) in [4.78, 5) is 4.53. The molecule has 0 spiro atoms. The van der Waals surface area contributed by atoms with Crippen LogP contribution in [0.3, 0.4) is 0 Å². The average Bonchev–Trinajstić information content (AvgIpc) is 2.69. The van der Waals surface area contributed by atoms with E-state index in [1.165, 1.54) is 24.8 Å². The fraction of sp³-hybridized carbons (Fsp3) is 0.562. The first kappa shape index (κ1) is 11.8. The van der Waals surface area contributed by atoms with Crippen molar-refractivity contribution in [1.82, 2.24) is 9.55 Å². The number of para-hydroxylation sites is 2. The first-order chi connectivity index (χ1) is 8.55. The molecule has 0 saturated heterocycles. The van der Waals surface area contributed by atoms with E-state index >= 15 is 0 Å². The number of nitrogens with zero attached hydrogens (tertiary/aromatic N) is 2. The van der Waals surface area contributed by atoms with Crippen LogP contribution in [0.5, 0.6) is 0 Å². The minimum atomic E-state index is 0.452. The van der Waals surface area contributed by atoms with Crippen molar-refractivity contribution in [3.8, 4) is 0 Å². The SMILES string of the molecule is C[C@@H]1C[C@H](n2cnc3ccccc32)CC(C)(C)C1. The van der Waals surface area contributed by atoms with E-state index in [0.717, 1.165) is 11.4 Å². The molecule has 1 heterocycles. The maximum Gasteiger partial charge on any atom is 0.0960 e. The molecule has 0 bridgehead atoms. The van der Waals surface area contributed by atoms with Crippen molar-refractivity contribution in [3.05, 3.63) is 30.6 Å². The summed E-state index contributed by atoms with van der Waals surface area (Å²) in [6, 6.07) is 9.07. The van der Waals surface area contributed by atoms with Crippen LogP contribution in [0.25, 0.3) is 11.0 Å². The maximum atomic E-state index is 4.53. The molecule has 1 aromatic carbocycles. The molecule has 2 atom stereocenters. The number of hydrogen-bond donors (Lipinski definition) is 0. The highest BCUT2D eigenvalue weighted by Gasteiger charge is 2.33. The van der Waals surface area contributed by atoms with Crippen LogP contribution in [-0.2, 0) is 0 Å². The van der Waals surface area contributed by atoms with Crippen LogP contribution in [0, 0.1) is 11.3 Å². The molecule has 2 nitrogen and oxygen atoms in total. The van der Waals surface area contributed by atoms with E-state index in [0.29, 0.717) is 11.5 Å². The second kappa shape index (κ2) is 4.11. The molecule has 1 saturated carbocycles. The smallest absolute Gasteiger partial charge is 0.0960 e. The zero-order valence-electron chi connectivity index (χ0n) is 11.6. The molecule has 2 heteroatoms. The van der Waals surface area contributed by atoms with E-state index in [1.807, 2.05) is 6.33 Å². The van der Waals surface area contributed by atoms with Gasteiger partial charge in [-0.3, -0.25) is 0 Å². The summed E-state index contributed by atoms with van der Waals surface area (Å²) in [6.45, 7) is 7.18. The molecule has 1 aliphatic rings. The molecule has 1 aromatic heterocycles. The van der Waals surface area contributed by atoms with Gasteiger partial charge in [-0.1, -0.05) is 32.9 Å². The van der Waals surface area contributed by atoms with E-state index in [2.05, 4.69) is 54.6 Å². The van der Waals surface area contributed by atoms with Gasteiger partial charge in [-0.15, -0.1) is 0 Å². The van der Waals surface area contributed by atoms with Crippen molar-refractivity contribution in [1.29, 1.82) is 0 Å². The van der Waals surface area contributed by atoms with Gasteiger partial charge in [0, 0.05) is 6.04 Å². The average molecular weight is 242 g/mol. The van der Waals surface area contributed by atoms with Gasteiger partial charge in [-0.2, -0.15) is 0 Å². The van der Waals surface area contributed by atoms with Gasteiger partial charge in [0.05, 0.1) is 17.4 Å². The van der Waals surface area contributed by atoms with Gasteiger partial charge in [-0.25, -0.2) is 4.98 Å². The molecule has 1 aliphatic carbocycles. The van der Waals surface area contributed by atoms with E-state index in [4.69, 9.17) is 0 Å². The lowest BCUT2D eigenvalue weighted by atomic mass is 9.70. The molecule has 18 heavy (non-hydrogen) atoms. The van der Waals surface area contributed by atoms with Gasteiger partial charge in [0.25, 0.3) is 0 Å². The number of benzene rings is 1. The zero-order valence-corrected chi connectivity index (χ0v) is 11.6. The van der Waals surface area contributed by atoms with Gasteiger partial charge in [0.2, 0.25) is 0 Å². The molecule has 0 amide bonds. The summed E-state index contributed by atoms with van der Waals surface area (Å²) in [5.74, 6) is 0.805. The normalized spacial score (nSPS) is 27.5. The Morgan fingerprint density at radius 2 is 2.00 bits per heavy atom. The third kappa shape index (κ3) is 2.05. The van der Waals surface area contributed by atoms with Crippen molar-refractivity contribution in [2.24, 2.45) is 11.3 Å². The molecule has 0 aliphatic heterocycles. The highest BCUT2D eigenvalue weighted by atomic mass is 15.1. The summed E-state index contributed by atoms with van der Waals surface area (Å²) in [5.41, 5.74) is 2.86. The van der Waals surface area contributed by atoms with E-state index in [-0.39, 0.29) is 0 Å². The number of fused-ring (bicyclic) bond motifs is 1. The Balaban J connectivity index is 1.99. The summed E-state index contributed by atoms with van der Waals surface area (Å²) < 4.78 is 2.40. The zero-order chi connectivity index (χ0) is 12.8. The Bertz CT molecular complexity index is 553. The topological polar surface area (TPSA) is 17.8 Å². The molecule has 0 radical (unpaired) electrons. The van der Waals surface area contributed by atoms with Crippen molar-refractivity contribution in [2.75, 3.05) is 0 Å². The molecule has 0 N–H and O–H groups in total. The second-order valence-electron chi connectivity index (χ2n) is 6.71. The third-order valence-corrected chi connectivity index (χ3v) is 4.24. The summed E-state index contributed by atoms with van der Waals surface area (Å²) in [7, 11) is 0. The summed E-state index contributed by atoms with van der Waals surface area (Å²) in [6.07, 6.45) is 5.92. The van der Waals surface area contributed by atoms with Crippen molar-refractivity contribution in [3.63, 3.8) is 0 Å². The van der Waals surface area contributed by atoms with Crippen molar-refractivity contribution >= 4 is 11.0 Å². The maximum absolute atomic E-state index is 4.53. The van der Waals surface area contributed by atoms with Crippen LogP contribution in [0.2, 0.25) is 0 Å². The Morgan fingerprint density at radius 1 is 1.22 bits per heavy atom. The lowest BCUT2D eigenvalue weighted by Gasteiger charge is -2.39. The largest absolute Gasteiger partial charge is 0.327 e. The predicted molar refractivity (Wildman–Crippen MR) is 75.6 cm³/mol. The van der Waals surface area contributed by atoms with Gasteiger partial charge >= 0.3 is 0 Å². The van der Waals surface area contributed by atoms with Crippen LogP contribution in [0.15, 0.2) is 30.6 Å². The minimum absolute atomic E-state index is 0.452. The van der Waals surface area contributed by atoms with Gasteiger partial charge < -0.3 is 4.57 Å². The first-order valence-electron chi connectivity index (χ1n) is 6.97. The molecular weight excluding hydrogens is 220 g/mol. The minimum Gasteiger partial charge on any atom is -0.327 e. The second-order valence-corrected chi connectivity index (χ2v) is 6.71. The predicted octanol–water partition coefficient (Wildman–Crippen LogP) is 4.42. The Kier molecular flexibility index (Phi) is 2.69. The lowest BCUT2D eigenvalue weighted by Crippen LogP contribution is -2.29. The van der Waals surface area contributed by atoms with Gasteiger partial charge in [0.15, 0.2) is 0 Å². The standard InChI is InChI=1S/C16H22N2/c1-12-8-13(10-16(2,3)9-12)18-11-17-14-6-4-5-7-15(14)18/h4-7,11-13H,8-10H2,1-3H3/t12-,13+/m1/s1. The fourth-order valence-corrected chi connectivity index (χ4v) is 3.78. The Morgan fingerprint density at radius 3 is 2.78 bits per heavy atom. The first-order valence-corrected chi connectivity index (χ1v) is 6.97. The van der Waals surface area contributed by atoms with E-state index in [9.17, 15) is 0 Å². The van der Waals surface area contributed by atoms with Crippen LogP contribution < -0.4 is 0 Å². The number of imidazole rings is 1. The highest BCUT2D eigenvalue weighted by molar-refractivity contribution is 5.75. The van der Waals surface area contributed by atoms with E-state index < -0.39 is 0 Å². The summed E-state index contributed by atoms with van der Waals surface area (Å²) in [5, 5.41) is 0. The van der Waals surface area contributed by atoms with Crippen LogP contribution in [-0.4, -0.2) is 9.55 Å². The van der Waals surface area contributed by atoms with Crippen LogP contribution >= 0.6 is 0 Å². The highest BCUT2D eigenvalue weighted by Crippen LogP contribution is 2.44. The quantitative estimate of drug-likeness (QED) is 0.723. The Hall–Kier alpha value is -1.31. The lowest BCUT2D eigenvalue weighted by molar-refractivity contribution is 0.139. The fourth-order valence-electron chi connectivity index (χ4n) is 3.78.